The Balaban J connectivity index is 2.07. The third-order valence-electron chi connectivity index (χ3n) is 4.44. The van der Waals surface area contributed by atoms with Crippen molar-refractivity contribution in [2.45, 2.75) is 33.7 Å². The normalized spacial score (nSPS) is 11.1. The SMILES string of the molecule is CCc1ccc2c(c1)c(C)c(C(=O)Nc1cc(Cl)cc(Cl)c1)n2CC. The highest BCUT2D eigenvalue weighted by atomic mass is 35.5. The largest absolute Gasteiger partial charge is 0.337 e. The zero-order chi connectivity index (χ0) is 18.1. The highest BCUT2D eigenvalue weighted by molar-refractivity contribution is 6.35. The Bertz CT molecular complexity index is 940. The Morgan fingerprint density at radius 1 is 1.08 bits per heavy atom. The Labute approximate surface area is 157 Å². The number of amides is 1. The van der Waals surface area contributed by atoms with Crippen molar-refractivity contribution in [3.63, 3.8) is 0 Å². The minimum Gasteiger partial charge on any atom is -0.337 e. The Morgan fingerprint density at radius 2 is 1.76 bits per heavy atom. The summed E-state index contributed by atoms with van der Waals surface area (Å²) in [5.74, 6) is -0.160. The van der Waals surface area contributed by atoms with Crippen molar-refractivity contribution >= 4 is 45.7 Å². The van der Waals surface area contributed by atoms with Crippen molar-refractivity contribution < 1.29 is 4.79 Å². The maximum atomic E-state index is 12.9. The first-order chi connectivity index (χ1) is 11.9. The molecule has 0 fully saturated rings. The van der Waals surface area contributed by atoms with Crippen molar-refractivity contribution in [3.05, 3.63) is 63.3 Å². The van der Waals surface area contributed by atoms with E-state index in [2.05, 4.69) is 30.4 Å². The molecule has 0 atom stereocenters. The summed E-state index contributed by atoms with van der Waals surface area (Å²) in [5, 5.41) is 5.02. The smallest absolute Gasteiger partial charge is 0.272 e. The first kappa shape index (κ1) is 17.8. The van der Waals surface area contributed by atoms with E-state index in [0.29, 0.717) is 21.4 Å². The summed E-state index contributed by atoms with van der Waals surface area (Å²) >= 11 is 12.1. The maximum Gasteiger partial charge on any atom is 0.272 e. The number of carbonyl (C=O) groups excluding carboxylic acids is 1. The topological polar surface area (TPSA) is 34.0 Å². The van der Waals surface area contributed by atoms with Gasteiger partial charge in [-0.1, -0.05) is 36.2 Å². The lowest BCUT2D eigenvalue weighted by molar-refractivity contribution is 0.101. The summed E-state index contributed by atoms with van der Waals surface area (Å²) in [6.45, 7) is 6.88. The summed E-state index contributed by atoms with van der Waals surface area (Å²) in [4.78, 5) is 12.9. The molecule has 0 spiro atoms. The molecule has 0 bridgehead atoms. The van der Waals surface area contributed by atoms with Crippen LogP contribution >= 0.6 is 23.2 Å². The van der Waals surface area contributed by atoms with Gasteiger partial charge in [-0.15, -0.1) is 0 Å². The molecule has 25 heavy (non-hydrogen) atoms. The predicted octanol–water partition coefficient (Wildman–Crippen LogP) is 6.09. The van der Waals surface area contributed by atoms with Crippen LogP contribution in [0.25, 0.3) is 10.9 Å². The molecule has 1 amide bonds. The van der Waals surface area contributed by atoms with Gasteiger partial charge >= 0.3 is 0 Å². The molecular weight excluding hydrogens is 355 g/mol. The van der Waals surface area contributed by atoms with E-state index in [1.165, 1.54) is 5.56 Å². The number of fused-ring (bicyclic) bond motifs is 1. The van der Waals surface area contributed by atoms with Gasteiger partial charge in [-0.05, 0) is 61.7 Å². The van der Waals surface area contributed by atoms with E-state index in [1.807, 2.05) is 18.4 Å². The van der Waals surface area contributed by atoms with Crippen LogP contribution in [0.5, 0.6) is 0 Å². The van der Waals surface area contributed by atoms with Gasteiger partial charge < -0.3 is 9.88 Å². The number of carbonyl (C=O) groups is 1. The van der Waals surface area contributed by atoms with Crippen molar-refractivity contribution in [1.82, 2.24) is 4.57 Å². The molecule has 0 radical (unpaired) electrons. The first-order valence-corrected chi connectivity index (χ1v) is 9.09. The number of hydrogen-bond donors (Lipinski definition) is 1. The van der Waals surface area contributed by atoms with Crippen LogP contribution < -0.4 is 5.32 Å². The molecule has 3 nitrogen and oxygen atoms in total. The predicted molar refractivity (Wildman–Crippen MR) is 106 cm³/mol. The number of hydrogen-bond acceptors (Lipinski definition) is 1. The molecule has 2 aromatic carbocycles. The lowest BCUT2D eigenvalue weighted by Gasteiger charge is -2.10. The summed E-state index contributed by atoms with van der Waals surface area (Å²) in [6.07, 6.45) is 0.967. The van der Waals surface area contributed by atoms with E-state index in [4.69, 9.17) is 23.2 Å². The molecule has 0 saturated heterocycles. The quantitative estimate of drug-likeness (QED) is 0.588. The van der Waals surface area contributed by atoms with Crippen LogP contribution in [0.1, 0.15) is 35.5 Å². The minimum atomic E-state index is -0.160. The summed E-state index contributed by atoms with van der Waals surface area (Å²) in [6, 6.07) is 11.4. The molecule has 0 unspecified atom stereocenters. The molecular formula is C20H20Cl2N2O. The third kappa shape index (κ3) is 3.39. The van der Waals surface area contributed by atoms with Crippen molar-refractivity contribution in [2.24, 2.45) is 0 Å². The van der Waals surface area contributed by atoms with Crippen LogP contribution in [0, 0.1) is 6.92 Å². The fourth-order valence-electron chi connectivity index (χ4n) is 3.23. The van der Waals surface area contributed by atoms with Crippen molar-refractivity contribution in [1.29, 1.82) is 0 Å². The van der Waals surface area contributed by atoms with E-state index in [1.54, 1.807) is 18.2 Å². The van der Waals surface area contributed by atoms with Gasteiger partial charge in [0.25, 0.3) is 5.91 Å². The summed E-state index contributed by atoms with van der Waals surface area (Å²) in [5.41, 5.74) is 4.58. The number of rotatable bonds is 4. The van der Waals surface area contributed by atoms with Gasteiger partial charge in [0, 0.05) is 33.2 Å². The fraction of sp³-hybridized carbons (Fsp3) is 0.250. The molecule has 3 rings (SSSR count). The fourth-order valence-corrected chi connectivity index (χ4v) is 3.75. The lowest BCUT2D eigenvalue weighted by atomic mass is 10.1. The number of aromatic nitrogens is 1. The zero-order valence-electron chi connectivity index (χ0n) is 14.5. The first-order valence-electron chi connectivity index (χ1n) is 8.33. The van der Waals surface area contributed by atoms with Gasteiger partial charge in [0.15, 0.2) is 0 Å². The summed E-state index contributed by atoms with van der Waals surface area (Å²) < 4.78 is 2.05. The van der Waals surface area contributed by atoms with Crippen LogP contribution in [0.3, 0.4) is 0 Å². The van der Waals surface area contributed by atoms with E-state index < -0.39 is 0 Å². The number of nitrogens with one attached hydrogen (secondary N) is 1. The second-order valence-corrected chi connectivity index (χ2v) is 6.91. The third-order valence-corrected chi connectivity index (χ3v) is 4.88. The maximum absolute atomic E-state index is 12.9. The second kappa shape index (κ2) is 7.11. The molecule has 130 valence electrons. The molecule has 1 heterocycles. The van der Waals surface area contributed by atoms with Crippen LogP contribution in [0.2, 0.25) is 10.0 Å². The lowest BCUT2D eigenvalue weighted by Crippen LogP contribution is -2.17. The van der Waals surface area contributed by atoms with E-state index in [9.17, 15) is 4.79 Å². The van der Waals surface area contributed by atoms with Crippen molar-refractivity contribution in [2.75, 3.05) is 5.32 Å². The number of anilines is 1. The van der Waals surface area contributed by atoms with Gasteiger partial charge in [0.1, 0.15) is 5.69 Å². The van der Waals surface area contributed by atoms with Crippen LogP contribution in [-0.2, 0) is 13.0 Å². The molecule has 5 heteroatoms. The Kier molecular flexibility index (Phi) is 5.07. The standard InChI is InChI=1S/C20H20Cl2N2O/c1-4-13-6-7-18-17(8-13)12(3)19(24(18)5-2)20(25)23-16-10-14(21)9-15(22)11-16/h6-11H,4-5H2,1-3H3,(H,23,25). The van der Waals surface area contributed by atoms with E-state index in [-0.39, 0.29) is 5.91 Å². The Morgan fingerprint density at radius 3 is 2.36 bits per heavy atom. The van der Waals surface area contributed by atoms with Gasteiger partial charge in [0.05, 0.1) is 0 Å². The minimum absolute atomic E-state index is 0.160. The van der Waals surface area contributed by atoms with Gasteiger partial charge in [-0.3, -0.25) is 4.79 Å². The molecule has 3 aromatic rings. The molecule has 1 aromatic heterocycles. The van der Waals surface area contributed by atoms with Gasteiger partial charge in [-0.2, -0.15) is 0 Å². The average Bonchev–Trinajstić information content (AvgIpc) is 2.85. The second-order valence-electron chi connectivity index (χ2n) is 6.04. The highest BCUT2D eigenvalue weighted by Crippen LogP contribution is 2.29. The van der Waals surface area contributed by atoms with Crippen molar-refractivity contribution in [3.8, 4) is 0 Å². The molecule has 0 aliphatic heterocycles. The number of benzene rings is 2. The monoisotopic (exact) mass is 374 g/mol. The van der Waals surface area contributed by atoms with Crippen LogP contribution in [0.4, 0.5) is 5.69 Å². The van der Waals surface area contributed by atoms with Crippen LogP contribution in [0.15, 0.2) is 36.4 Å². The molecule has 0 saturated carbocycles. The van der Waals surface area contributed by atoms with E-state index in [0.717, 1.165) is 29.4 Å². The molecule has 0 aliphatic rings. The van der Waals surface area contributed by atoms with Gasteiger partial charge in [0.2, 0.25) is 0 Å². The van der Waals surface area contributed by atoms with Crippen LogP contribution in [-0.4, -0.2) is 10.5 Å². The average molecular weight is 375 g/mol. The van der Waals surface area contributed by atoms with E-state index >= 15 is 0 Å². The molecule has 0 aliphatic carbocycles. The number of halogens is 2. The Hall–Kier alpha value is -1.97. The molecule has 1 N–H and O–H groups in total. The summed E-state index contributed by atoms with van der Waals surface area (Å²) in [7, 11) is 0. The zero-order valence-corrected chi connectivity index (χ0v) is 16.0. The highest BCUT2D eigenvalue weighted by Gasteiger charge is 2.20. The van der Waals surface area contributed by atoms with Gasteiger partial charge in [-0.25, -0.2) is 0 Å². The number of aryl methyl sites for hydroxylation is 3. The number of nitrogens with zero attached hydrogens (tertiary/aromatic N) is 1.